The summed E-state index contributed by atoms with van der Waals surface area (Å²) in [5.41, 5.74) is 1.96. The average Bonchev–Trinajstić information content (AvgIpc) is 2.76. The summed E-state index contributed by atoms with van der Waals surface area (Å²) in [6, 6.07) is 13.7. The van der Waals surface area contributed by atoms with Crippen LogP contribution in [0.15, 0.2) is 54.9 Å². The van der Waals surface area contributed by atoms with Gasteiger partial charge in [-0.05, 0) is 17.7 Å². The molecule has 17 heavy (non-hydrogen) atoms. The lowest BCUT2D eigenvalue weighted by atomic mass is 10.1. The Bertz CT molecular complexity index is 644. The molecule has 0 aliphatic rings. The van der Waals surface area contributed by atoms with Crippen molar-refractivity contribution in [3.8, 4) is 5.75 Å². The minimum absolute atomic E-state index is 0.263. The smallest absolute Gasteiger partial charge is 0.141 e. The lowest BCUT2D eigenvalue weighted by Crippen LogP contribution is -1.95. The van der Waals surface area contributed by atoms with Gasteiger partial charge in [-0.3, -0.25) is 0 Å². The van der Waals surface area contributed by atoms with Crippen molar-refractivity contribution in [3.05, 3.63) is 66.2 Å². The summed E-state index contributed by atoms with van der Waals surface area (Å²) in [5.74, 6) is 1.20. The molecule has 0 unspecified atom stereocenters. The van der Waals surface area contributed by atoms with Crippen LogP contribution in [0.25, 0.3) is 5.52 Å². The van der Waals surface area contributed by atoms with Crippen LogP contribution in [0.1, 0.15) is 11.4 Å². The quantitative estimate of drug-likeness (QED) is 0.726. The molecule has 1 aromatic carbocycles. The number of nitrogens with zero attached hydrogens (tertiary/aromatic N) is 2. The molecule has 2 aromatic heterocycles. The standard InChI is InChI=1S/C14H12N2O/c17-13-7-4-8-16-12(13)10-15-14(16)9-11-5-2-1-3-6-11/h1-8,10,17H,9H2. The zero-order chi connectivity index (χ0) is 11.7. The highest BCUT2D eigenvalue weighted by Gasteiger charge is 2.06. The Labute approximate surface area is 99.0 Å². The van der Waals surface area contributed by atoms with Crippen molar-refractivity contribution in [1.29, 1.82) is 0 Å². The van der Waals surface area contributed by atoms with Gasteiger partial charge in [0.25, 0.3) is 0 Å². The van der Waals surface area contributed by atoms with Crippen molar-refractivity contribution in [2.24, 2.45) is 0 Å². The molecule has 0 saturated heterocycles. The lowest BCUT2D eigenvalue weighted by molar-refractivity contribution is 0.479. The molecule has 3 nitrogen and oxygen atoms in total. The minimum Gasteiger partial charge on any atom is -0.506 e. The number of imidazole rings is 1. The van der Waals surface area contributed by atoms with E-state index >= 15 is 0 Å². The third-order valence-electron chi connectivity index (χ3n) is 2.83. The summed E-state index contributed by atoms with van der Waals surface area (Å²) >= 11 is 0. The van der Waals surface area contributed by atoms with Crippen LogP contribution in [0, 0.1) is 0 Å². The Morgan fingerprint density at radius 1 is 1.06 bits per heavy atom. The summed E-state index contributed by atoms with van der Waals surface area (Å²) in [6.07, 6.45) is 4.38. The first kappa shape index (κ1) is 9.90. The molecule has 0 saturated carbocycles. The largest absolute Gasteiger partial charge is 0.506 e. The first-order valence-electron chi connectivity index (χ1n) is 5.52. The number of aromatic nitrogens is 2. The van der Waals surface area contributed by atoms with Crippen LogP contribution in [0.2, 0.25) is 0 Å². The summed E-state index contributed by atoms with van der Waals surface area (Å²) < 4.78 is 1.92. The number of aromatic hydroxyl groups is 1. The van der Waals surface area contributed by atoms with Gasteiger partial charge in [-0.2, -0.15) is 0 Å². The number of hydrogen-bond acceptors (Lipinski definition) is 2. The summed E-state index contributed by atoms with van der Waals surface area (Å²) in [4.78, 5) is 4.35. The Kier molecular flexibility index (Phi) is 2.29. The van der Waals surface area contributed by atoms with Crippen LogP contribution in [0.4, 0.5) is 0 Å². The Morgan fingerprint density at radius 2 is 1.88 bits per heavy atom. The zero-order valence-corrected chi connectivity index (χ0v) is 9.24. The molecular formula is C14H12N2O. The molecule has 0 amide bonds. The maximum atomic E-state index is 9.69. The molecular weight excluding hydrogens is 212 g/mol. The topological polar surface area (TPSA) is 37.5 Å². The van der Waals surface area contributed by atoms with Crippen LogP contribution in [-0.2, 0) is 6.42 Å². The molecule has 84 valence electrons. The van der Waals surface area contributed by atoms with Crippen molar-refractivity contribution < 1.29 is 5.11 Å². The van der Waals surface area contributed by atoms with Crippen LogP contribution >= 0.6 is 0 Å². The van der Waals surface area contributed by atoms with E-state index in [9.17, 15) is 5.11 Å². The zero-order valence-electron chi connectivity index (χ0n) is 9.24. The average molecular weight is 224 g/mol. The van der Waals surface area contributed by atoms with E-state index in [1.807, 2.05) is 34.9 Å². The summed E-state index contributed by atoms with van der Waals surface area (Å²) in [7, 11) is 0. The Balaban J connectivity index is 2.05. The first-order valence-corrected chi connectivity index (χ1v) is 5.52. The molecule has 3 heteroatoms. The van der Waals surface area contributed by atoms with Crippen molar-refractivity contribution in [1.82, 2.24) is 9.38 Å². The third kappa shape index (κ3) is 1.76. The lowest BCUT2D eigenvalue weighted by Gasteiger charge is -2.02. The Hall–Kier alpha value is -2.29. The fraction of sp³-hybridized carbons (Fsp3) is 0.0714. The molecule has 1 N–H and O–H groups in total. The van der Waals surface area contributed by atoms with Gasteiger partial charge in [-0.1, -0.05) is 30.3 Å². The van der Waals surface area contributed by atoms with E-state index in [2.05, 4.69) is 17.1 Å². The normalized spacial score (nSPS) is 10.8. The molecule has 0 bridgehead atoms. The van der Waals surface area contributed by atoms with Crippen LogP contribution in [0.3, 0.4) is 0 Å². The molecule has 0 spiro atoms. The van der Waals surface area contributed by atoms with Gasteiger partial charge in [-0.15, -0.1) is 0 Å². The second kappa shape index (κ2) is 3.94. The highest BCUT2D eigenvalue weighted by molar-refractivity contribution is 5.58. The number of hydrogen-bond donors (Lipinski definition) is 1. The van der Waals surface area contributed by atoms with Crippen LogP contribution < -0.4 is 0 Å². The van der Waals surface area contributed by atoms with Crippen molar-refractivity contribution in [2.45, 2.75) is 6.42 Å². The second-order valence-electron chi connectivity index (χ2n) is 3.99. The molecule has 0 aliphatic carbocycles. The second-order valence-corrected chi connectivity index (χ2v) is 3.99. The van der Waals surface area contributed by atoms with Crippen LogP contribution in [-0.4, -0.2) is 14.5 Å². The van der Waals surface area contributed by atoms with Gasteiger partial charge in [0, 0.05) is 12.6 Å². The third-order valence-corrected chi connectivity index (χ3v) is 2.83. The van der Waals surface area contributed by atoms with E-state index in [1.165, 1.54) is 5.56 Å². The van der Waals surface area contributed by atoms with Gasteiger partial charge >= 0.3 is 0 Å². The fourth-order valence-electron chi connectivity index (χ4n) is 1.97. The van der Waals surface area contributed by atoms with Crippen molar-refractivity contribution in [3.63, 3.8) is 0 Å². The van der Waals surface area contributed by atoms with E-state index < -0.39 is 0 Å². The highest BCUT2D eigenvalue weighted by Crippen LogP contribution is 2.19. The van der Waals surface area contributed by atoms with E-state index in [4.69, 9.17) is 0 Å². The summed E-state index contributed by atoms with van der Waals surface area (Å²) in [6.45, 7) is 0. The Morgan fingerprint density at radius 3 is 2.71 bits per heavy atom. The SMILES string of the molecule is Oc1cccn2c(Cc3ccccc3)ncc12. The predicted octanol–water partition coefficient (Wildman–Crippen LogP) is 2.63. The molecule has 0 atom stereocenters. The van der Waals surface area contributed by atoms with E-state index in [0.29, 0.717) is 0 Å². The van der Waals surface area contributed by atoms with Gasteiger partial charge in [0.15, 0.2) is 0 Å². The molecule has 3 aromatic rings. The predicted molar refractivity (Wildman–Crippen MR) is 66.1 cm³/mol. The number of benzene rings is 1. The molecule has 0 radical (unpaired) electrons. The molecule has 3 rings (SSSR count). The van der Waals surface area contributed by atoms with Crippen LogP contribution in [0.5, 0.6) is 5.75 Å². The van der Waals surface area contributed by atoms with Gasteiger partial charge < -0.3 is 9.51 Å². The molecule has 0 fully saturated rings. The molecule has 0 aliphatic heterocycles. The maximum absolute atomic E-state index is 9.69. The van der Waals surface area contributed by atoms with Gasteiger partial charge in [-0.25, -0.2) is 4.98 Å². The maximum Gasteiger partial charge on any atom is 0.141 e. The summed E-state index contributed by atoms with van der Waals surface area (Å²) in [5, 5.41) is 9.69. The van der Waals surface area contributed by atoms with Gasteiger partial charge in [0.2, 0.25) is 0 Å². The first-order chi connectivity index (χ1) is 8.34. The monoisotopic (exact) mass is 224 g/mol. The number of pyridine rings is 1. The minimum atomic E-state index is 0.263. The van der Waals surface area contributed by atoms with Gasteiger partial charge in [0.05, 0.1) is 6.20 Å². The number of fused-ring (bicyclic) bond motifs is 1. The van der Waals surface area contributed by atoms with Gasteiger partial charge in [0.1, 0.15) is 17.1 Å². The van der Waals surface area contributed by atoms with Crippen molar-refractivity contribution >= 4 is 5.52 Å². The van der Waals surface area contributed by atoms with E-state index in [1.54, 1.807) is 12.3 Å². The van der Waals surface area contributed by atoms with E-state index in [-0.39, 0.29) is 5.75 Å². The highest BCUT2D eigenvalue weighted by atomic mass is 16.3. The number of rotatable bonds is 2. The van der Waals surface area contributed by atoms with E-state index in [0.717, 1.165) is 17.8 Å². The van der Waals surface area contributed by atoms with Crippen molar-refractivity contribution in [2.75, 3.05) is 0 Å². The molecule has 2 heterocycles. The fourth-order valence-corrected chi connectivity index (χ4v) is 1.97.